The number of Topliss-reactive ketones (excluding diaryl/α,β-unsaturated/α-hetero) is 1. The number of aliphatic hydroxyl groups is 1. The molecule has 0 bridgehead atoms. The van der Waals surface area contributed by atoms with Crippen molar-refractivity contribution in [1.82, 2.24) is 9.88 Å². The number of carbonyl (C=O) groups is 2. The molecule has 0 spiro atoms. The fourth-order valence-corrected chi connectivity index (χ4v) is 4.71. The zero-order valence-electron chi connectivity index (χ0n) is 19.7. The van der Waals surface area contributed by atoms with Crippen LogP contribution in [0.4, 0.5) is 4.39 Å². The van der Waals surface area contributed by atoms with Crippen LogP contribution in [0.5, 0.6) is 5.75 Å². The van der Waals surface area contributed by atoms with Gasteiger partial charge in [-0.05, 0) is 66.9 Å². The quantitative estimate of drug-likeness (QED) is 0.210. The van der Waals surface area contributed by atoms with Gasteiger partial charge in [0.2, 0.25) is 0 Å². The number of aliphatic hydroxyl groups excluding tert-OH is 1. The highest BCUT2D eigenvalue weighted by Crippen LogP contribution is 2.40. The first-order valence-corrected chi connectivity index (χ1v) is 11.8. The van der Waals surface area contributed by atoms with Gasteiger partial charge in [0.1, 0.15) is 17.3 Å². The third-order valence-corrected chi connectivity index (χ3v) is 6.46. The number of para-hydroxylation sites is 1. The second-order valence-electron chi connectivity index (χ2n) is 8.61. The lowest BCUT2D eigenvalue weighted by molar-refractivity contribution is -0.139. The highest BCUT2D eigenvalue weighted by atomic mass is 19.1. The molecule has 2 N–H and O–H groups in total. The summed E-state index contributed by atoms with van der Waals surface area (Å²) in [4.78, 5) is 31.2. The summed E-state index contributed by atoms with van der Waals surface area (Å²) in [6.07, 6.45) is 2.42. The fraction of sp³-hybridized carbons (Fsp3) is 0.172. The van der Waals surface area contributed by atoms with E-state index in [1.54, 1.807) is 24.3 Å². The molecule has 1 fully saturated rings. The number of nitrogens with one attached hydrogen (secondary N) is 1. The summed E-state index contributed by atoms with van der Waals surface area (Å²) >= 11 is 0. The van der Waals surface area contributed by atoms with E-state index in [0.29, 0.717) is 24.3 Å². The first-order valence-electron chi connectivity index (χ1n) is 11.8. The Hall–Kier alpha value is -4.39. The molecule has 5 rings (SSSR count). The maximum absolute atomic E-state index is 13.5. The smallest absolute Gasteiger partial charge is 0.295 e. The summed E-state index contributed by atoms with van der Waals surface area (Å²) in [7, 11) is 0. The molecule has 2 heterocycles. The Morgan fingerprint density at radius 2 is 1.75 bits per heavy atom. The average Bonchev–Trinajstić information content (AvgIpc) is 3.42. The van der Waals surface area contributed by atoms with Crippen molar-refractivity contribution in [3.63, 3.8) is 0 Å². The van der Waals surface area contributed by atoms with Crippen molar-refractivity contribution in [2.24, 2.45) is 0 Å². The van der Waals surface area contributed by atoms with Crippen molar-refractivity contribution in [1.29, 1.82) is 0 Å². The lowest BCUT2D eigenvalue weighted by Gasteiger charge is -2.25. The second kappa shape index (κ2) is 9.70. The van der Waals surface area contributed by atoms with Gasteiger partial charge in [-0.25, -0.2) is 4.39 Å². The summed E-state index contributed by atoms with van der Waals surface area (Å²) in [5, 5.41) is 12.2. The molecule has 4 aromatic rings. The molecule has 3 aromatic carbocycles. The van der Waals surface area contributed by atoms with Crippen LogP contribution < -0.4 is 4.74 Å². The third-order valence-electron chi connectivity index (χ3n) is 6.46. The molecule has 36 heavy (non-hydrogen) atoms. The Morgan fingerprint density at radius 1 is 1.03 bits per heavy atom. The van der Waals surface area contributed by atoms with Gasteiger partial charge in [-0.1, -0.05) is 30.3 Å². The summed E-state index contributed by atoms with van der Waals surface area (Å²) < 4.78 is 19.0. The van der Waals surface area contributed by atoms with Gasteiger partial charge in [0.05, 0.1) is 18.2 Å². The van der Waals surface area contributed by atoms with Gasteiger partial charge in [-0.15, -0.1) is 0 Å². The monoisotopic (exact) mass is 484 g/mol. The zero-order chi connectivity index (χ0) is 25.2. The van der Waals surface area contributed by atoms with Crippen LogP contribution in [-0.4, -0.2) is 39.8 Å². The number of halogens is 1. The topological polar surface area (TPSA) is 82.6 Å². The first-order chi connectivity index (χ1) is 17.5. The molecular formula is C29H25FN2O4. The van der Waals surface area contributed by atoms with Crippen LogP contribution in [0.2, 0.25) is 0 Å². The molecule has 0 unspecified atom stereocenters. The van der Waals surface area contributed by atoms with E-state index in [-0.39, 0.29) is 23.4 Å². The Morgan fingerprint density at radius 3 is 2.47 bits per heavy atom. The Bertz CT molecular complexity index is 1450. The maximum Gasteiger partial charge on any atom is 0.295 e. The van der Waals surface area contributed by atoms with Crippen molar-refractivity contribution < 1.29 is 23.8 Å². The molecule has 1 aliphatic heterocycles. The summed E-state index contributed by atoms with van der Waals surface area (Å²) in [5.74, 6) is -1.59. The number of aromatic nitrogens is 1. The number of carbonyl (C=O) groups excluding carboxylic acids is 2. The summed E-state index contributed by atoms with van der Waals surface area (Å²) in [6.45, 7) is 2.66. The van der Waals surface area contributed by atoms with E-state index in [9.17, 15) is 19.1 Å². The van der Waals surface area contributed by atoms with Gasteiger partial charge in [-0.3, -0.25) is 9.59 Å². The van der Waals surface area contributed by atoms with E-state index in [1.165, 1.54) is 29.2 Å². The number of nitrogens with zero attached hydrogens (tertiary/aromatic N) is 1. The fourth-order valence-electron chi connectivity index (χ4n) is 4.71. The van der Waals surface area contributed by atoms with Crippen LogP contribution in [0.15, 0.2) is 84.6 Å². The number of ketones is 1. The lowest BCUT2D eigenvalue weighted by atomic mass is 9.95. The summed E-state index contributed by atoms with van der Waals surface area (Å²) in [5.41, 5.74) is 2.93. The summed E-state index contributed by atoms with van der Waals surface area (Å²) in [6, 6.07) is 19.4. The van der Waals surface area contributed by atoms with Crippen molar-refractivity contribution >= 4 is 28.4 Å². The van der Waals surface area contributed by atoms with Gasteiger partial charge in [0.15, 0.2) is 0 Å². The predicted molar refractivity (Wildman–Crippen MR) is 135 cm³/mol. The van der Waals surface area contributed by atoms with Gasteiger partial charge < -0.3 is 19.7 Å². The molecule has 6 nitrogen and oxygen atoms in total. The van der Waals surface area contributed by atoms with E-state index in [0.717, 1.165) is 16.5 Å². The molecule has 182 valence electrons. The van der Waals surface area contributed by atoms with Gasteiger partial charge in [0.25, 0.3) is 11.7 Å². The number of amides is 1. The first kappa shape index (κ1) is 23.4. The molecule has 1 saturated heterocycles. The van der Waals surface area contributed by atoms with E-state index in [4.69, 9.17) is 4.74 Å². The average molecular weight is 485 g/mol. The standard InChI is InChI=1S/C29H25FN2O4/c1-2-36-22-13-9-18(10-14-22)26-25(27(33)19-7-11-21(30)12-8-19)28(34)29(35)32(26)16-15-20-17-31-24-6-4-3-5-23(20)24/h3-14,17,26,31,33H,2,15-16H2,1H3/t26-/m1/s1. The number of hydrogen-bond donors (Lipinski definition) is 2. The number of benzene rings is 3. The van der Waals surface area contributed by atoms with Gasteiger partial charge in [0, 0.05) is 29.2 Å². The van der Waals surface area contributed by atoms with Crippen LogP contribution >= 0.6 is 0 Å². The molecule has 0 saturated carbocycles. The van der Waals surface area contributed by atoms with E-state index in [2.05, 4.69) is 4.98 Å². The largest absolute Gasteiger partial charge is 0.507 e. The second-order valence-corrected chi connectivity index (χ2v) is 8.61. The van der Waals surface area contributed by atoms with Gasteiger partial charge in [-0.2, -0.15) is 0 Å². The van der Waals surface area contributed by atoms with E-state index >= 15 is 0 Å². The van der Waals surface area contributed by atoms with Crippen LogP contribution in [0, 0.1) is 5.82 Å². The van der Waals surface area contributed by atoms with Crippen LogP contribution in [0.1, 0.15) is 29.7 Å². The number of H-pyrrole nitrogens is 1. The minimum atomic E-state index is -0.795. The number of likely N-dealkylation sites (tertiary alicyclic amines) is 1. The Kier molecular flexibility index (Phi) is 6.29. The minimum absolute atomic E-state index is 0.0188. The Balaban J connectivity index is 1.55. The molecule has 0 aliphatic carbocycles. The van der Waals surface area contributed by atoms with E-state index in [1.807, 2.05) is 37.4 Å². The highest BCUT2D eigenvalue weighted by molar-refractivity contribution is 6.46. The molecule has 1 amide bonds. The van der Waals surface area contributed by atoms with Crippen LogP contribution in [0.25, 0.3) is 16.7 Å². The molecule has 1 atom stereocenters. The molecule has 7 heteroatoms. The number of aromatic amines is 1. The normalized spacial score (nSPS) is 17.2. The van der Waals surface area contributed by atoms with Gasteiger partial charge >= 0.3 is 0 Å². The molecule has 0 radical (unpaired) electrons. The van der Waals surface area contributed by atoms with E-state index < -0.39 is 23.5 Å². The zero-order valence-corrected chi connectivity index (χ0v) is 19.7. The highest BCUT2D eigenvalue weighted by Gasteiger charge is 2.45. The van der Waals surface area contributed by atoms with Crippen molar-refractivity contribution in [3.8, 4) is 5.75 Å². The predicted octanol–water partition coefficient (Wildman–Crippen LogP) is 5.37. The van der Waals surface area contributed by atoms with Crippen LogP contribution in [0.3, 0.4) is 0 Å². The molecule has 1 aliphatic rings. The lowest BCUT2D eigenvalue weighted by Crippen LogP contribution is -2.31. The van der Waals surface area contributed by atoms with Crippen molar-refractivity contribution in [2.45, 2.75) is 19.4 Å². The number of ether oxygens (including phenoxy) is 1. The Labute approximate surface area is 207 Å². The van der Waals surface area contributed by atoms with Crippen molar-refractivity contribution in [2.75, 3.05) is 13.2 Å². The molecular weight excluding hydrogens is 459 g/mol. The van der Waals surface area contributed by atoms with Crippen LogP contribution in [-0.2, 0) is 16.0 Å². The molecule has 1 aromatic heterocycles. The minimum Gasteiger partial charge on any atom is -0.507 e. The number of fused-ring (bicyclic) bond motifs is 1. The van der Waals surface area contributed by atoms with Crippen molar-refractivity contribution in [3.05, 3.63) is 107 Å². The SMILES string of the molecule is CCOc1ccc([C@@H]2C(=C(O)c3ccc(F)cc3)C(=O)C(=O)N2CCc2c[nH]c3ccccc23)cc1. The number of hydrogen-bond acceptors (Lipinski definition) is 4. The number of rotatable bonds is 7. The maximum atomic E-state index is 13.5. The third kappa shape index (κ3) is 4.24.